The maximum absolute atomic E-state index is 2.42. The normalized spacial score (nSPS) is 11.3. The van der Waals surface area contributed by atoms with Crippen LogP contribution in [0.2, 0.25) is 0 Å². The molecule has 0 aliphatic heterocycles. The summed E-state index contributed by atoms with van der Waals surface area (Å²) in [5, 5.41) is 5.10. The van der Waals surface area contributed by atoms with Gasteiger partial charge in [0.15, 0.2) is 0 Å². The summed E-state index contributed by atoms with van der Waals surface area (Å²) in [6, 6.07) is 86.1. The summed E-state index contributed by atoms with van der Waals surface area (Å²) in [4.78, 5) is 2.42. The second-order valence-corrected chi connectivity index (χ2v) is 16.3. The molecule has 11 aromatic rings. The molecule has 282 valence electrons. The van der Waals surface area contributed by atoms with E-state index >= 15 is 0 Å². The molecule has 1 heterocycles. The third-order valence-electron chi connectivity index (χ3n) is 11.7. The Hall–Kier alpha value is -7.52. The van der Waals surface area contributed by atoms with Gasteiger partial charge in [-0.3, -0.25) is 0 Å². The van der Waals surface area contributed by atoms with Gasteiger partial charge in [0.1, 0.15) is 0 Å². The lowest BCUT2D eigenvalue weighted by molar-refractivity contribution is 1.28. The van der Waals surface area contributed by atoms with Crippen molar-refractivity contribution >= 4 is 59.3 Å². The Bertz CT molecular complexity index is 3290. The molecule has 60 heavy (non-hydrogen) atoms. The van der Waals surface area contributed by atoms with Crippen LogP contribution in [-0.2, 0) is 0 Å². The third-order valence-corrected chi connectivity index (χ3v) is 12.9. The zero-order valence-corrected chi connectivity index (χ0v) is 33.7. The molecule has 0 spiro atoms. The standard InChI is InChI=1S/C58H39NS/c1-2-13-40(14-3-1)42-25-27-43(28-26-42)44-31-35-48(36-32-44)59(56-23-10-8-19-52(56)54-21-12-22-55-53-20-9-11-24-57(53)60-58(54)55)49-37-33-45(34-38-49)50-17-6-7-18-51(50)47-30-29-41-15-4-5-16-46(41)39-47/h1-39H. The van der Waals surface area contributed by atoms with Crippen molar-refractivity contribution in [2.75, 3.05) is 4.90 Å². The number of anilines is 3. The van der Waals surface area contributed by atoms with Gasteiger partial charge in [-0.05, 0) is 97.7 Å². The average molecular weight is 782 g/mol. The Kier molecular flexibility index (Phi) is 9.11. The number of thiophene rings is 1. The predicted octanol–water partition coefficient (Wildman–Crippen LogP) is 17.0. The number of fused-ring (bicyclic) bond motifs is 4. The van der Waals surface area contributed by atoms with Crippen LogP contribution < -0.4 is 4.90 Å². The fourth-order valence-electron chi connectivity index (χ4n) is 8.71. The fourth-order valence-corrected chi connectivity index (χ4v) is 9.94. The maximum Gasteiger partial charge on any atom is 0.0540 e. The van der Waals surface area contributed by atoms with Gasteiger partial charge in [0, 0.05) is 42.7 Å². The quantitative estimate of drug-likeness (QED) is 0.148. The Morgan fingerprint density at radius 3 is 1.48 bits per heavy atom. The van der Waals surface area contributed by atoms with Gasteiger partial charge in [-0.25, -0.2) is 0 Å². The molecule has 0 amide bonds. The van der Waals surface area contributed by atoms with E-state index in [0.29, 0.717) is 0 Å². The molecule has 1 nitrogen and oxygen atoms in total. The Balaban J connectivity index is 1.02. The summed E-state index contributed by atoms with van der Waals surface area (Å²) in [7, 11) is 0. The van der Waals surface area contributed by atoms with Crippen molar-refractivity contribution < 1.29 is 0 Å². The first-order valence-electron chi connectivity index (χ1n) is 20.5. The van der Waals surface area contributed by atoms with E-state index in [9.17, 15) is 0 Å². The van der Waals surface area contributed by atoms with Crippen LogP contribution in [0, 0.1) is 0 Å². The first-order chi connectivity index (χ1) is 29.7. The number of hydrogen-bond donors (Lipinski definition) is 0. The number of benzene rings is 10. The van der Waals surface area contributed by atoms with Crippen molar-refractivity contribution in [1.29, 1.82) is 0 Å². The molecular weight excluding hydrogens is 743 g/mol. The number of hydrogen-bond acceptors (Lipinski definition) is 2. The largest absolute Gasteiger partial charge is 0.310 e. The highest BCUT2D eigenvalue weighted by Crippen LogP contribution is 2.46. The van der Waals surface area contributed by atoms with Crippen molar-refractivity contribution in [1.82, 2.24) is 0 Å². The molecule has 0 aliphatic rings. The van der Waals surface area contributed by atoms with Gasteiger partial charge in [0.2, 0.25) is 0 Å². The summed E-state index contributed by atoms with van der Waals surface area (Å²) in [6.07, 6.45) is 0. The van der Waals surface area contributed by atoms with E-state index in [1.54, 1.807) is 0 Å². The zero-order valence-electron chi connectivity index (χ0n) is 32.9. The van der Waals surface area contributed by atoms with Crippen LogP contribution in [0.4, 0.5) is 17.1 Å². The van der Waals surface area contributed by atoms with Crippen LogP contribution in [-0.4, -0.2) is 0 Å². The Morgan fingerprint density at radius 1 is 0.283 bits per heavy atom. The van der Waals surface area contributed by atoms with Crippen molar-refractivity contribution in [3.63, 3.8) is 0 Å². The van der Waals surface area contributed by atoms with Crippen LogP contribution in [0.1, 0.15) is 0 Å². The van der Waals surface area contributed by atoms with Gasteiger partial charge in [0.25, 0.3) is 0 Å². The number of nitrogens with zero attached hydrogens (tertiary/aromatic N) is 1. The molecule has 0 fully saturated rings. The molecule has 0 aliphatic carbocycles. The molecule has 0 saturated carbocycles. The number of para-hydroxylation sites is 1. The van der Waals surface area contributed by atoms with Gasteiger partial charge in [-0.1, -0.05) is 194 Å². The average Bonchev–Trinajstić information content (AvgIpc) is 3.72. The first kappa shape index (κ1) is 35.6. The molecule has 0 N–H and O–H groups in total. The van der Waals surface area contributed by atoms with E-state index in [4.69, 9.17) is 0 Å². The molecule has 0 saturated heterocycles. The van der Waals surface area contributed by atoms with E-state index < -0.39 is 0 Å². The van der Waals surface area contributed by atoms with Gasteiger partial charge in [-0.15, -0.1) is 11.3 Å². The monoisotopic (exact) mass is 781 g/mol. The molecule has 0 bridgehead atoms. The number of rotatable bonds is 8. The summed E-state index contributed by atoms with van der Waals surface area (Å²) >= 11 is 1.88. The van der Waals surface area contributed by atoms with Gasteiger partial charge in [0.05, 0.1) is 5.69 Å². The minimum absolute atomic E-state index is 1.10. The van der Waals surface area contributed by atoms with E-state index in [0.717, 1.165) is 17.1 Å². The van der Waals surface area contributed by atoms with Crippen LogP contribution in [0.5, 0.6) is 0 Å². The summed E-state index contributed by atoms with van der Waals surface area (Å²) in [6.45, 7) is 0. The van der Waals surface area contributed by atoms with E-state index in [2.05, 4.69) is 241 Å². The SMILES string of the molecule is c1ccc(-c2ccc(-c3ccc(N(c4ccc(-c5ccccc5-c5ccc6ccccc6c5)cc4)c4ccccc4-c4cccc5c4sc4ccccc45)cc3)cc2)cc1. The Labute approximate surface area is 354 Å². The van der Waals surface area contributed by atoms with Crippen molar-refractivity contribution in [2.45, 2.75) is 0 Å². The summed E-state index contributed by atoms with van der Waals surface area (Å²) in [5.74, 6) is 0. The summed E-state index contributed by atoms with van der Waals surface area (Å²) < 4.78 is 2.61. The van der Waals surface area contributed by atoms with Crippen LogP contribution in [0.3, 0.4) is 0 Å². The molecule has 2 heteroatoms. The predicted molar refractivity (Wildman–Crippen MR) is 259 cm³/mol. The van der Waals surface area contributed by atoms with E-state index in [-0.39, 0.29) is 0 Å². The lowest BCUT2D eigenvalue weighted by atomic mass is 9.93. The lowest BCUT2D eigenvalue weighted by Gasteiger charge is -2.28. The molecule has 10 aromatic carbocycles. The maximum atomic E-state index is 2.42. The minimum atomic E-state index is 1.10. The molecule has 1 aromatic heterocycles. The highest BCUT2D eigenvalue weighted by Gasteiger charge is 2.20. The molecule has 0 radical (unpaired) electrons. The highest BCUT2D eigenvalue weighted by atomic mass is 32.1. The van der Waals surface area contributed by atoms with Crippen molar-refractivity contribution in [3.8, 4) is 55.6 Å². The smallest absolute Gasteiger partial charge is 0.0540 e. The molecule has 11 rings (SSSR count). The Morgan fingerprint density at radius 2 is 0.767 bits per heavy atom. The van der Waals surface area contributed by atoms with Crippen molar-refractivity contribution in [2.24, 2.45) is 0 Å². The van der Waals surface area contributed by atoms with Crippen LogP contribution >= 0.6 is 11.3 Å². The van der Waals surface area contributed by atoms with E-state index in [1.165, 1.54) is 86.6 Å². The van der Waals surface area contributed by atoms with Crippen molar-refractivity contribution in [3.05, 3.63) is 237 Å². The highest BCUT2D eigenvalue weighted by molar-refractivity contribution is 7.26. The lowest BCUT2D eigenvalue weighted by Crippen LogP contribution is -2.11. The zero-order chi connectivity index (χ0) is 39.8. The van der Waals surface area contributed by atoms with Gasteiger partial charge < -0.3 is 4.90 Å². The third kappa shape index (κ3) is 6.54. The topological polar surface area (TPSA) is 3.24 Å². The van der Waals surface area contributed by atoms with Crippen LogP contribution in [0.25, 0.3) is 86.6 Å². The second-order valence-electron chi connectivity index (χ2n) is 15.3. The summed E-state index contributed by atoms with van der Waals surface area (Å²) in [5.41, 5.74) is 15.4. The van der Waals surface area contributed by atoms with Gasteiger partial charge in [-0.2, -0.15) is 0 Å². The van der Waals surface area contributed by atoms with Crippen LogP contribution in [0.15, 0.2) is 237 Å². The molecular formula is C58H39NS. The molecule has 0 unspecified atom stereocenters. The first-order valence-corrected chi connectivity index (χ1v) is 21.3. The van der Waals surface area contributed by atoms with E-state index in [1.807, 2.05) is 11.3 Å². The molecule has 0 atom stereocenters. The fraction of sp³-hybridized carbons (Fsp3) is 0. The van der Waals surface area contributed by atoms with Gasteiger partial charge >= 0.3 is 0 Å². The minimum Gasteiger partial charge on any atom is -0.310 e. The second kappa shape index (κ2) is 15.3.